The molecule has 4 aromatic rings. The minimum absolute atomic E-state index is 0.0211. The molecule has 5 rings (SSSR count). The number of nitrogens with zero attached hydrogens (tertiary/aromatic N) is 5. The van der Waals surface area contributed by atoms with Crippen molar-refractivity contribution in [3.8, 4) is 11.4 Å². The molecule has 0 bridgehead atoms. The topological polar surface area (TPSA) is 72.6 Å². The maximum absolute atomic E-state index is 13.3. The van der Waals surface area contributed by atoms with Gasteiger partial charge < -0.3 is 14.5 Å². The van der Waals surface area contributed by atoms with E-state index in [4.69, 9.17) is 9.84 Å². The second-order valence-electron chi connectivity index (χ2n) is 8.85. The summed E-state index contributed by atoms with van der Waals surface area (Å²) >= 11 is 0. The molecule has 0 atom stereocenters. The van der Waals surface area contributed by atoms with Crippen LogP contribution >= 0.6 is 0 Å². The Kier molecular flexibility index (Phi) is 6.03. The van der Waals surface area contributed by atoms with Gasteiger partial charge in [-0.15, -0.1) is 0 Å². The largest absolute Gasteiger partial charge is 0.497 e. The van der Waals surface area contributed by atoms with E-state index in [-0.39, 0.29) is 18.0 Å². The quantitative estimate of drug-likeness (QED) is 0.447. The van der Waals surface area contributed by atoms with E-state index in [1.54, 1.807) is 22.4 Å². The van der Waals surface area contributed by atoms with Crippen LogP contribution in [0.25, 0.3) is 16.7 Å². The van der Waals surface area contributed by atoms with Crippen molar-refractivity contribution < 1.29 is 9.53 Å². The number of rotatable bonds is 5. The molecule has 0 spiro atoms. The summed E-state index contributed by atoms with van der Waals surface area (Å²) in [5, 5.41) is 5.62. The molecule has 0 saturated carbocycles. The van der Waals surface area contributed by atoms with Gasteiger partial charge in [-0.1, -0.05) is 24.3 Å². The Hall–Kier alpha value is -4.07. The van der Waals surface area contributed by atoms with Crippen LogP contribution in [-0.2, 0) is 11.3 Å². The van der Waals surface area contributed by atoms with Crippen molar-refractivity contribution in [2.45, 2.75) is 20.4 Å². The second kappa shape index (κ2) is 9.29. The fraction of sp³-hybridized carbons (Fsp3) is 0.296. The monoisotopic (exact) mass is 471 g/mol. The highest BCUT2D eigenvalue weighted by Crippen LogP contribution is 2.25. The van der Waals surface area contributed by atoms with Gasteiger partial charge in [0, 0.05) is 49.4 Å². The molecule has 0 radical (unpaired) electrons. The summed E-state index contributed by atoms with van der Waals surface area (Å²) in [7, 11) is 1.66. The molecule has 3 heterocycles. The first-order valence-electron chi connectivity index (χ1n) is 11.8. The number of amides is 1. The lowest BCUT2D eigenvalue weighted by molar-refractivity contribution is -0.132. The van der Waals surface area contributed by atoms with Gasteiger partial charge in [0.25, 0.3) is 5.56 Å². The summed E-state index contributed by atoms with van der Waals surface area (Å²) in [6.45, 7) is 6.46. The molecule has 1 fully saturated rings. The Morgan fingerprint density at radius 3 is 2.37 bits per heavy atom. The van der Waals surface area contributed by atoms with E-state index in [1.165, 1.54) is 0 Å². The van der Waals surface area contributed by atoms with Gasteiger partial charge in [-0.3, -0.25) is 14.2 Å². The van der Waals surface area contributed by atoms with Gasteiger partial charge in [-0.05, 0) is 43.7 Å². The number of methoxy groups -OCH3 is 1. The number of benzene rings is 2. The van der Waals surface area contributed by atoms with E-state index in [2.05, 4.69) is 11.0 Å². The molecule has 8 heteroatoms. The number of anilines is 1. The molecule has 1 saturated heterocycles. The van der Waals surface area contributed by atoms with Crippen molar-refractivity contribution in [2.75, 3.05) is 38.2 Å². The molecular formula is C27H29N5O3. The maximum Gasteiger partial charge on any atom is 0.252 e. The summed E-state index contributed by atoms with van der Waals surface area (Å²) < 4.78 is 8.67. The molecule has 2 aromatic carbocycles. The maximum atomic E-state index is 13.3. The zero-order valence-electron chi connectivity index (χ0n) is 20.3. The summed E-state index contributed by atoms with van der Waals surface area (Å²) in [5.41, 5.74) is 4.08. The van der Waals surface area contributed by atoms with E-state index < -0.39 is 0 Å². The van der Waals surface area contributed by atoms with E-state index >= 15 is 0 Å². The lowest BCUT2D eigenvalue weighted by atomic mass is 10.1. The normalized spacial score (nSPS) is 13.9. The third kappa shape index (κ3) is 4.27. The highest BCUT2D eigenvalue weighted by Gasteiger charge is 2.24. The summed E-state index contributed by atoms with van der Waals surface area (Å²) in [6.07, 6.45) is 0. The van der Waals surface area contributed by atoms with Crippen LogP contribution in [0.3, 0.4) is 0 Å². The Balaban J connectivity index is 1.41. The van der Waals surface area contributed by atoms with Gasteiger partial charge in [0.1, 0.15) is 17.9 Å². The molecule has 180 valence electrons. The smallest absolute Gasteiger partial charge is 0.252 e. The number of carbonyl (C=O) groups is 1. The first kappa shape index (κ1) is 22.7. The number of aryl methyl sites for hydroxylation is 2. The fourth-order valence-electron chi connectivity index (χ4n) is 4.82. The third-order valence-electron chi connectivity index (χ3n) is 6.64. The van der Waals surface area contributed by atoms with Crippen LogP contribution in [0.4, 0.5) is 5.69 Å². The van der Waals surface area contributed by atoms with Crippen molar-refractivity contribution >= 4 is 22.6 Å². The predicted molar refractivity (Wildman–Crippen MR) is 137 cm³/mol. The van der Waals surface area contributed by atoms with Crippen molar-refractivity contribution in [1.82, 2.24) is 19.2 Å². The van der Waals surface area contributed by atoms with Crippen molar-refractivity contribution in [2.24, 2.45) is 0 Å². The van der Waals surface area contributed by atoms with Crippen LogP contribution in [0.2, 0.25) is 0 Å². The van der Waals surface area contributed by atoms with Gasteiger partial charge >= 0.3 is 0 Å². The van der Waals surface area contributed by atoms with Crippen LogP contribution in [0.15, 0.2) is 65.5 Å². The SMILES string of the molecule is COc1cccc(N2CCN(C(=O)Cn3c(=O)cc(C)c4c(C)nn(-c5ccccc5)c43)CC2)c1. The predicted octanol–water partition coefficient (Wildman–Crippen LogP) is 3.16. The van der Waals surface area contributed by atoms with Crippen LogP contribution in [-0.4, -0.2) is 58.4 Å². The molecule has 0 unspecified atom stereocenters. The number of ether oxygens (including phenoxy) is 1. The molecule has 35 heavy (non-hydrogen) atoms. The second-order valence-corrected chi connectivity index (χ2v) is 8.85. The lowest BCUT2D eigenvalue weighted by Crippen LogP contribution is -2.50. The number of pyridine rings is 1. The van der Waals surface area contributed by atoms with E-state index in [0.29, 0.717) is 18.7 Å². The van der Waals surface area contributed by atoms with E-state index in [1.807, 2.05) is 67.3 Å². The summed E-state index contributed by atoms with van der Waals surface area (Å²) in [4.78, 5) is 30.5. The standard InChI is InChI=1S/C27H29N5O3/c1-19-16-24(33)31(27-26(19)20(2)28-32(27)21-8-5-4-6-9-21)18-25(34)30-14-12-29(13-15-30)22-10-7-11-23(17-22)35-3/h4-11,16-17H,12-15,18H2,1-3H3. The number of carbonyl (C=O) groups excluding carboxylic acids is 1. The minimum Gasteiger partial charge on any atom is -0.497 e. The Morgan fingerprint density at radius 2 is 1.66 bits per heavy atom. The lowest BCUT2D eigenvalue weighted by Gasteiger charge is -2.36. The van der Waals surface area contributed by atoms with Gasteiger partial charge in [0.2, 0.25) is 5.91 Å². The van der Waals surface area contributed by atoms with Crippen molar-refractivity contribution in [3.63, 3.8) is 0 Å². The van der Waals surface area contributed by atoms with Gasteiger partial charge in [0.15, 0.2) is 0 Å². The Labute approximate surface area is 203 Å². The third-order valence-corrected chi connectivity index (χ3v) is 6.64. The van der Waals surface area contributed by atoms with Crippen LogP contribution < -0.4 is 15.2 Å². The average molecular weight is 472 g/mol. The molecule has 8 nitrogen and oxygen atoms in total. The van der Waals surface area contributed by atoms with Crippen LogP contribution in [0, 0.1) is 13.8 Å². The molecule has 1 aliphatic rings. The highest BCUT2D eigenvalue weighted by atomic mass is 16.5. The molecular weight excluding hydrogens is 442 g/mol. The zero-order valence-corrected chi connectivity index (χ0v) is 20.3. The number of para-hydroxylation sites is 1. The first-order valence-corrected chi connectivity index (χ1v) is 11.8. The van der Waals surface area contributed by atoms with Crippen LogP contribution in [0.5, 0.6) is 5.75 Å². The van der Waals surface area contributed by atoms with Crippen LogP contribution in [0.1, 0.15) is 11.3 Å². The zero-order chi connectivity index (χ0) is 24.5. The van der Waals surface area contributed by atoms with Crippen molar-refractivity contribution in [3.05, 3.63) is 82.3 Å². The highest BCUT2D eigenvalue weighted by molar-refractivity contribution is 5.85. The first-order chi connectivity index (χ1) is 17.0. The summed E-state index contributed by atoms with van der Waals surface area (Å²) in [5.74, 6) is 0.745. The number of hydrogen-bond donors (Lipinski definition) is 0. The number of piperazine rings is 1. The molecule has 1 aliphatic heterocycles. The fourth-order valence-corrected chi connectivity index (χ4v) is 4.82. The number of aromatic nitrogens is 3. The van der Waals surface area contributed by atoms with Gasteiger partial charge in [-0.25, -0.2) is 4.68 Å². The van der Waals surface area contributed by atoms with E-state index in [9.17, 15) is 9.59 Å². The van der Waals surface area contributed by atoms with Crippen molar-refractivity contribution in [1.29, 1.82) is 0 Å². The summed E-state index contributed by atoms with van der Waals surface area (Å²) in [6, 6.07) is 19.3. The number of hydrogen-bond acceptors (Lipinski definition) is 5. The van der Waals surface area contributed by atoms with E-state index in [0.717, 1.165) is 46.9 Å². The average Bonchev–Trinajstić information content (AvgIpc) is 3.24. The number of fused-ring (bicyclic) bond motifs is 1. The molecule has 0 aliphatic carbocycles. The molecule has 2 aromatic heterocycles. The molecule has 1 amide bonds. The minimum atomic E-state index is -0.199. The Morgan fingerprint density at radius 1 is 0.943 bits per heavy atom. The molecule has 0 N–H and O–H groups in total. The van der Waals surface area contributed by atoms with Gasteiger partial charge in [0.05, 0.1) is 18.5 Å². The Bertz CT molecular complexity index is 1430. The van der Waals surface area contributed by atoms with Gasteiger partial charge in [-0.2, -0.15) is 5.10 Å².